The molecule has 0 spiro atoms. The van der Waals surface area contributed by atoms with Gasteiger partial charge in [0.25, 0.3) is 0 Å². The molecule has 8 heteroatoms. The average Bonchev–Trinajstić information content (AvgIpc) is 2.75. The van der Waals surface area contributed by atoms with E-state index in [2.05, 4.69) is 10.6 Å². The highest BCUT2D eigenvalue weighted by atomic mass is 32.3. The first-order valence-corrected chi connectivity index (χ1v) is 6.90. The van der Waals surface area contributed by atoms with Crippen molar-refractivity contribution in [1.29, 1.82) is 0 Å². The standard InChI is InChI=1S/C11H11FN2O4S/c12-19(17,18)9-4-2-1-3-7(9)14-11(16)8-5-6-10(15)13-8/h1-4,8H,5-6H2,(H,13,15)(H,14,16)/t8-/m1/s1. The Morgan fingerprint density at radius 1 is 1.37 bits per heavy atom. The van der Waals surface area contributed by atoms with Gasteiger partial charge in [0, 0.05) is 6.42 Å². The van der Waals surface area contributed by atoms with Crippen molar-refractivity contribution in [2.24, 2.45) is 0 Å². The highest BCUT2D eigenvalue weighted by molar-refractivity contribution is 7.86. The molecule has 1 aromatic rings. The van der Waals surface area contributed by atoms with E-state index in [0.29, 0.717) is 6.42 Å². The number of carbonyl (C=O) groups excluding carboxylic acids is 2. The van der Waals surface area contributed by atoms with Gasteiger partial charge in [0.05, 0.1) is 5.69 Å². The first kappa shape index (κ1) is 13.5. The topological polar surface area (TPSA) is 92.3 Å². The van der Waals surface area contributed by atoms with E-state index in [-0.39, 0.29) is 18.0 Å². The molecule has 2 rings (SSSR count). The summed E-state index contributed by atoms with van der Waals surface area (Å²) in [5, 5.41) is 4.74. The van der Waals surface area contributed by atoms with Crippen molar-refractivity contribution >= 4 is 27.7 Å². The zero-order valence-corrected chi connectivity index (χ0v) is 10.5. The molecule has 0 aliphatic carbocycles. The van der Waals surface area contributed by atoms with Gasteiger partial charge in [-0.1, -0.05) is 12.1 Å². The number of halogens is 1. The number of para-hydroxylation sites is 1. The van der Waals surface area contributed by atoms with Crippen molar-refractivity contribution in [3.05, 3.63) is 24.3 Å². The lowest BCUT2D eigenvalue weighted by Crippen LogP contribution is -2.37. The van der Waals surface area contributed by atoms with Gasteiger partial charge in [-0.05, 0) is 18.6 Å². The quantitative estimate of drug-likeness (QED) is 0.794. The number of amides is 2. The predicted octanol–water partition coefficient (Wildman–Crippen LogP) is 0.562. The van der Waals surface area contributed by atoms with E-state index in [1.54, 1.807) is 0 Å². The third-order valence-electron chi connectivity index (χ3n) is 2.72. The molecular weight excluding hydrogens is 275 g/mol. The largest absolute Gasteiger partial charge is 0.344 e. The molecule has 19 heavy (non-hydrogen) atoms. The Morgan fingerprint density at radius 2 is 2.05 bits per heavy atom. The molecule has 1 aromatic carbocycles. The molecule has 1 saturated heterocycles. The van der Waals surface area contributed by atoms with E-state index in [4.69, 9.17) is 0 Å². The molecule has 1 fully saturated rings. The lowest BCUT2D eigenvalue weighted by Gasteiger charge is -2.12. The third kappa shape index (κ3) is 3.08. The number of nitrogens with one attached hydrogen (secondary N) is 2. The molecule has 0 saturated carbocycles. The number of hydrogen-bond acceptors (Lipinski definition) is 4. The molecule has 0 bridgehead atoms. The van der Waals surface area contributed by atoms with Crippen LogP contribution >= 0.6 is 0 Å². The van der Waals surface area contributed by atoms with Gasteiger partial charge in [-0.3, -0.25) is 9.59 Å². The Kier molecular flexibility index (Phi) is 3.52. The first-order valence-electron chi connectivity index (χ1n) is 5.52. The molecule has 0 aromatic heterocycles. The summed E-state index contributed by atoms with van der Waals surface area (Å²) in [6.07, 6.45) is 0.566. The maximum absolute atomic E-state index is 13.0. The normalized spacial score (nSPS) is 19.0. The fraction of sp³-hybridized carbons (Fsp3) is 0.273. The molecule has 0 radical (unpaired) electrons. The number of hydrogen-bond donors (Lipinski definition) is 2. The molecular formula is C11H11FN2O4S. The first-order chi connectivity index (χ1) is 8.88. The molecule has 1 aliphatic rings. The van der Waals surface area contributed by atoms with Gasteiger partial charge < -0.3 is 10.6 Å². The molecule has 102 valence electrons. The van der Waals surface area contributed by atoms with Gasteiger partial charge in [-0.15, -0.1) is 3.89 Å². The number of benzene rings is 1. The summed E-state index contributed by atoms with van der Waals surface area (Å²) in [4.78, 5) is 22.2. The lowest BCUT2D eigenvalue weighted by atomic mass is 10.2. The van der Waals surface area contributed by atoms with E-state index in [1.165, 1.54) is 18.2 Å². The lowest BCUT2D eigenvalue weighted by molar-refractivity contribution is -0.122. The average molecular weight is 286 g/mol. The summed E-state index contributed by atoms with van der Waals surface area (Å²) in [6, 6.07) is 4.43. The minimum Gasteiger partial charge on any atom is -0.344 e. The molecule has 1 heterocycles. The second-order valence-electron chi connectivity index (χ2n) is 4.08. The third-order valence-corrected chi connectivity index (χ3v) is 3.60. The van der Waals surface area contributed by atoms with Crippen molar-refractivity contribution in [3.8, 4) is 0 Å². The maximum Gasteiger partial charge on any atom is 0.334 e. The van der Waals surface area contributed by atoms with Crippen molar-refractivity contribution in [3.63, 3.8) is 0 Å². The van der Waals surface area contributed by atoms with Crippen LogP contribution in [0.1, 0.15) is 12.8 Å². The Hall–Kier alpha value is -1.96. The summed E-state index contributed by atoms with van der Waals surface area (Å²) in [5.41, 5.74) is -0.142. The van der Waals surface area contributed by atoms with E-state index in [0.717, 1.165) is 6.07 Å². The second-order valence-corrected chi connectivity index (χ2v) is 5.40. The fourth-order valence-electron chi connectivity index (χ4n) is 1.81. The summed E-state index contributed by atoms with van der Waals surface area (Å²) in [5.74, 6) is -0.812. The SMILES string of the molecule is O=C1CC[C@H](C(=O)Nc2ccccc2S(=O)(=O)F)N1. The van der Waals surface area contributed by atoms with Crippen LogP contribution in [0.5, 0.6) is 0 Å². The van der Waals surface area contributed by atoms with E-state index >= 15 is 0 Å². The fourth-order valence-corrected chi connectivity index (χ4v) is 2.44. The zero-order chi connectivity index (χ0) is 14.0. The van der Waals surface area contributed by atoms with Crippen LogP contribution in [0.2, 0.25) is 0 Å². The smallest absolute Gasteiger partial charge is 0.334 e. The van der Waals surface area contributed by atoms with E-state index in [9.17, 15) is 21.9 Å². The second kappa shape index (κ2) is 4.96. The number of rotatable bonds is 3. The molecule has 1 atom stereocenters. The van der Waals surface area contributed by atoms with Crippen LogP contribution in [0, 0.1) is 0 Å². The van der Waals surface area contributed by atoms with Crippen molar-refractivity contribution in [2.75, 3.05) is 5.32 Å². The Morgan fingerprint density at radius 3 is 2.63 bits per heavy atom. The van der Waals surface area contributed by atoms with Crippen LogP contribution in [-0.4, -0.2) is 26.3 Å². The van der Waals surface area contributed by atoms with Crippen LogP contribution in [0.3, 0.4) is 0 Å². The predicted molar refractivity (Wildman–Crippen MR) is 64.5 cm³/mol. The van der Waals surface area contributed by atoms with Crippen LogP contribution < -0.4 is 10.6 Å². The summed E-state index contributed by atoms with van der Waals surface area (Å²) in [7, 11) is -4.92. The van der Waals surface area contributed by atoms with Crippen LogP contribution in [0.15, 0.2) is 29.2 Å². The number of anilines is 1. The van der Waals surface area contributed by atoms with Gasteiger partial charge in [0.2, 0.25) is 11.8 Å². The van der Waals surface area contributed by atoms with Gasteiger partial charge in [0.15, 0.2) is 0 Å². The molecule has 2 amide bonds. The van der Waals surface area contributed by atoms with Crippen molar-refractivity contribution < 1.29 is 21.9 Å². The molecule has 2 N–H and O–H groups in total. The monoisotopic (exact) mass is 286 g/mol. The highest BCUT2D eigenvalue weighted by Gasteiger charge is 2.28. The highest BCUT2D eigenvalue weighted by Crippen LogP contribution is 2.23. The van der Waals surface area contributed by atoms with Crippen LogP contribution in [0.25, 0.3) is 0 Å². The van der Waals surface area contributed by atoms with Crippen LogP contribution in [0.4, 0.5) is 9.57 Å². The van der Waals surface area contributed by atoms with Gasteiger partial charge in [0.1, 0.15) is 10.9 Å². The molecule has 6 nitrogen and oxygen atoms in total. The van der Waals surface area contributed by atoms with E-state index in [1.807, 2.05) is 0 Å². The summed E-state index contributed by atoms with van der Waals surface area (Å²) in [6.45, 7) is 0. The Bertz CT molecular complexity index is 629. The minimum atomic E-state index is -4.92. The van der Waals surface area contributed by atoms with Gasteiger partial charge in [-0.2, -0.15) is 8.42 Å². The molecule has 1 aliphatic heterocycles. The minimum absolute atomic E-state index is 0.142. The Labute approximate surface area is 109 Å². The molecule has 0 unspecified atom stereocenters. The number of carbonyl (C=O) groups is 2. The van der Waals surface area contributed by atoms with E-state index < -0.39 is 27.1 Å². The van der Waals surface area contributed by atoms with Crippen molar-refractivity contribution in [1.82, 2.24) is 5.32 Å². The van der Waals surface area contributed by atoms with Gasteiger partial charge >= 0.3 is 10.2 Å². The maximum atomic E-state index is 13.0. The van der Waals surface area contributed by atoms with Gasteiger partial charge in [-0.25, -0.2) is 0 Å². The zero-order valence-electron chi connectivity index (χ0n) is 9.72. The van der Waals surface area contributed by atoms with Crippen LogP contribution in [-0.2, 0) is 19.8 Å². The summed E-state index contributed by atoms with van der Waals surface area (Å²) < 4.78 is 34.9. The Balaban J connectivity index is 2.20. The van der Waals surface area contributed by atoms with Crippen molar-refractivity contribution in [2.45, 2.75) is 23.8 Å². The summed E-state index contributed by atoms with van der Waals surface area (Å²) >= 11 is 0.